The Balaban J connectivity index is 1.44. The monoisotopic (exact) mass is 577 g/mol. The molecular formula is C37H43N3O3. The van der Waals surface area contributed by atoms with E-state index in [9.17, 15) is 9.59 Å². The number of rotatable bonds is 13. The Kier molecular flexibility index (Phi) is 9.98. The van der Waals surface area contributed by atoms with Gasteiger partial charge >= 0.3 is 0 Å². The molecule has 1 aliphatic rings. The van der Waals surface area contributed by atoms with E-state index in [2.05, 4.69) is 36.6 Å². The van der Waals surface area contributed by atoms with Gasteiger partial charge in [-0.25, -0.2) is 0 Å². The van der Waals surface area contributed by atoms with E-state index in [0.717, 1.165) is 54.1 Å². The second kappa shape index (κ2) is 14.2. The van der Waals surface area contributed by atoms with Crippen molar-refractivity contribution in [2.24, 2.45) is 0 Å². The number of aryl methyl sites for hydroxylation is 1. The molecule has 0 saturated heterocycles. The molecule has 0 saturated carbocycles. The van der Waals surface area contributed by atoms with E-state index in [0.29, 0.717) is 12.1 Å². The van der Waals surface area contributed by atoms with Gasteiger partial charge in [0.1, 0.15) is 18.3 Å². The number of benzene rings is 3. The van der Waals surface area contributed by atoms with E-state index in [1.165, 1.54) is 24.8 Å². The molecule has 0 N–H and O–H groups in total. The van der Waals surface area contributed by atoms with Crippen LogP contribution in [0.3, 0.4) is 0 Å². The highest BCUT2D eigenvalue weighted by molar-refractivity contribution is 6.02. The zero-order valence-electron chi connectivity index (χ0n) is 25.7. The maximum Gasteiger partial charge on any atom is 0.254 e. The lowest BCUT2D eigenvalue weighted by Crippen LogP contribution is -2.47. The second-order valence-corrected chi connectivity index (χ2v) is 11.3. The minimum atomic E-state index is -0.349. The number of ether oxygens (including phenoxy) is 1. The van der Waals surface area contributed by atoms with Crippen molar-refractivity contribution in [2.45, 2.75) is 64.8 Å². The maximum atomic E-state index is 14.4. The molecule has 224 valence electrons. The van der Waals surface area contributed by atoms with Crippen LogP contribution in [0.1, 0.15) is 85.6 Å². The Morgan fingerprint density at radius 1 is 0.791 bits per heavy atom. The topological polar surface area (TPSA) is 54.8 Å². The van der Waals surface area contributed by atoms with E-state index >= 15 is 0 Å². The normalized spacial score (nSPS) is 13.7. The molecule has 6 heteroatoms. The van der Waals surface area contributed by atoms with Crippen LogP contribution in [-0.2, 0) is 11.2 Å². The summed E-state index contributed by atoms with van der Waals surface area (Å²) in [4.78, 5) is 31.9. The summed E-state index contributed by atoms with van der Waals surface area (Å²) in [7, 11) is 1.65. The lowest BCUT2D eigenvalue weighted by Gasteiger charge is -2.39. The number of fused-ring (bicyclic) bond motifs is 3. The second-order valence-electron chi connectivity index (χ2n) is 11.3. The molecule has 0 radical (unpaired) electrons. The summed E-state index contributed by atoms with van der Waals surface area (Å²) in [6.07, 6.45) is 9.69. The quantitative estimate of drug-likeness (QED) is 0.151. The number of carbonyl (C=O) groups is 2. The van der Waals surface area contributed by atoms with Gasteiger partial charge in [-0.15, -0.1) is 0 Å². The van der Waals surface area contributed by atoms with Crippen LogP contribution >= 0.6 is 0 Å². The van der Waals surface area contributed by atoms with Gasteiger partial charge in [-0.2, -0.15) is 0 Å². The molecule has 1 unspecified atom stereocenters. The summed E-state index contributed by atoms with van der Waals surface area (Å²) in [6.45, 7) is 4.85. The average molecular weight is 578 g/mol. The Labute approximate surface area is 255 Å². The van der Waals surface area contributed by atoms with E-state index < -0.39 is 0 Å². The van der Waals surface area contributed by atoms with Crippen molar-refractivity contribution in [3.8, 4) is 11.4 Å². The summed E-state index contributed by atoms with van der Waals surface area (Å²) in [5.41, 5.74) is 5.62. The molecule has 0 spiro atoms. The molecule has 1 atom stereocenters. The van der Waals surface area contributed by atoms with Crippen molar-refractivity contribution < 1.29 is 14.3 Å². The van der Waals surface area contributed by atoms with Gasteiger partial charge < -0.3 is 14.2 Å². The highest BCUT2D eigenvalue weighted by Crippen LogP contribution is 2.42. The molecule has 6 nitrogen and oxygen atoms in total. The average Bonchev–Trinajstić information content (AvgIpc) is 3.54. The molecule has 2 heterocycles. The van der Waals surface area contributed by atoms with Crippen LogP contribution < -0.4 is 9.64 Å². The first-order valence-corrected chi connectivity index (χ1v) is 15.7. The molecule has 1 aromatic heterocycles. The first kappa shape index (κ1) is 30.1. The molecule has 0 bridgehead atoms. The predicted molar refractivity (Wildman–Crippen MR) is 173 cm³/mol. The van der Waals surface area contributed by atoms with E-state index in [4.69, 9.17) is 4.74 Å². The Morgan fingerprint density at radius 2 is 1.51 bits per heavy atom. The van der Waals surface area contributed by atoms with Crippen molar-refractivity contribution in [3.05, 3.63) is 114 Å². The van der Waals surface area contributed by atoms with Gasteiger partial charge in [0.15, 0.2) is 0 Å². The molecule has 4 aromatic rings. The van der Waals surface area contributed by atoms with Gasteiger partial charge in [0, 0.05) is 18.3 Å². The number of methoxy groups -OCH3 is 1. The third kappa shape index (κ3) is 6.69. The van der Waals surface area contributed by atoms with Crippen molar-refractivity contribution in [2.75, 3.05) is 25.1 Å². The van der Waals surface area contributed by atoms with Crippen LogP contribution in [-0.4, -0.2) is 41.5 Å². The van der Waals surface area contributed by atoms with Crippen molar-refractivity contribution in [3.63, 3.8) is 0 Å². The van der Waals surface area contributed by atoms with Crippen LogP contribution in [0.4, 0.5) is 5.69 Å². The minimum absolute atomic E-state index is 0.000694. The van der Waals surface area contributed by atoms with Crippen LogP contribution in [0, 0.1) is 0 Å². The van der Waals surface area contributed by atoms with Crippen LogP contribution in [0.5, 0.6) is 5.75 Å². The number of carbonyl (C=O) groups excluding carboxylic acids is 2. The SMILES string of the molecule is CCCCCCc1ccc(C(=O)N(CCCC)CC(=O)N2c3ccccc3-n3cccc3C2c2ccc(OC)cc2)cc1. The van der Waals surface area contributed by atoms with Gasteiger partial charge in [-0.05, 0) is 78.9 Å². The highest BCUT2D eigenvalue weighted by Gasteiger charge is 2.37. The number of aromatic nitrogens is 1. The van der Waals surface area contributed by atoms with Gasteiger partial charge in [0.2, 0.25) is 5.91 Å². The molecular weight excluding hydrogens is 534 g/mol. The summed E-state index contributed by atoms with van der Waals surface area (Å²) in [5, 5.41) is 0. The van der Waals surface area contributed by atoms with Crippen molar-refractivity contribution >= 4 is 17.5 Å². The largest absolute Gasteiger partial charge is 0.497 e. The van der Waals surface area contributed by atoms with Gasteiger partial charge in [-0.1, -0.05) is 75.9 Å². The first-order valence-electron chi connectivity index (χ1n) is 15.7. The summed E-state index contributed by atoms with van der Waals surface area (Å²) >= 11 is 0. The molecule has 3 aromatic carbocycles. The Hall–Kier alpha value is -4.32. The molecule has 43 heavy (non-hydrogen) atoms. The molecule has 2 amide bonds. The molecule has 0 aliphatic carbocycles. The number of nitrogens with zero attached hydrogens (tertiary/aromatic N) is 3. The fourth-order valence-corrected chi connectivity index (χ4v) is 5.96. The summed E-state index contributed by atoms with van der Waals surface area (Å²) < 4.78 is 7.56. The van der Waals surface area contributed by atoms with E-state index in [-0.39, 0.29) is 24.4 Å². The lowest BCUT2D eigenvalue weighted by molar-refractivity contribution is -0.119. The fraction of sp³-hybridized carbons (Fsp3) is 0.351. The third-order valence-electron chi connectivity index (χ3n) is 8.33. The number of hydrogen-bond donors (Lipinski definition) is 0. The number of unbranched alkanes of at least 4 members (excludes halogenated alkanes) is 4. The summed E-state index contributed by atoms with van der Waals surface area (Å²) in [5.74, 6) is 0.545. The van der Waals surface area contributed by atoms with Crippen molar-refractivity contribution in [1.82, 2.24) is 9.47 Å². The first-order chi connectivity index (χ1) is 21.0. The zero-order valence-corrected chi connectivity index (χ0v) is 25.7. The minimum Gasteiger partial charge on any atom is -0.497 e. The standard InChI is InChI=1S/C37H43N3O3/c1-4-6-8-9-13-28-17-19-30(20-18-28)37(42)38(25-7-5-2)27-35(41)40-33-15-11-10-14-32(33)39-26-12-16-34(39)36(40)29-21-23-31(43-3)24-22-29/h10-12,14-24,26,36H,4-9,13,25,27H2,1-3H3. The Bertz CT molecular complexity index is 1510. The zero-order chi connectivity index (χ0) is 30.2. The van der Waals surface area contributed by atoms with Gasteiger partial charge in [0.05, 0.1) is 24.2 Å². The van der Waals surface area contributed by atoms with Crippen LogP contribution in [0.2, 0.25) is 0 Å². The lowest BCUT2D eigenvalue weighted by atomic mass is 9.97. The van der Waals surface area contributed by atoms with E-state index in [1.54, 1.807) is 12.0 Å². The molecule has 0 fully saturated rings. The maximum absolute atomic E-state index is 14.4. The number of anilines is 1. The highest BCUT2D eigenvalue weighted by atomic mass is 16.5. The summed E-state index contributed by atoms with van der Waals surface area (Å²) in [6, 6.07) is 27.6. The van der Waals surface area contributed by atoms with E-state index in [1.807, 2.05) is 77.8 Å². The fourth-order valence-electron chi connectivity index (χ4n) is 5.96. The number of para-hydroxylation sites is 2. The van der Waals surface area contributed by atoms with Crippen LogP contribution in [0.25, 0.3) is 5.69 Å². The number of amides is 2. The van der Waals surface area contributed by atoms with Crippen molar-refractivity contribution in [1.29, 1.82) is 0 Å². The third-order valence-corrected chi connectivity index (χ3v) is 8.33. The molecule has 5 rings (SSSR count). The smallest absolute Gasteiger partial charge is 0.254 e. The van der Waals surface area contributed by atoms with Crippen LogP contribution in [0.15, 0.2) is 91.1 Å². The Morgan fingerprint density at radius 3 is 2.21 bits per heavy atom. The molecule has 1 aliphatic heterocycles. The van der Waals surface area contributed by atoms with Gasteiger partial charge in [0.25, 0.3) is 5.91 Å². The number of hydrogen-bond acceptors (Lipinski definition) is 3. The van der Waals surface area contributed by atoms with Gasteiger partial charge in [-0.3, -0.25) is 14.5 Å². The predicted octanol–water partition coefficient (Wildman–Crippen LogP) is 7.99.